The molecule has 0 aliphatic rings. The summed E-state index contributed by atoms with van der Waals surface area (Å²) < 4.78 is 0. The zero-order valence-corrected chi connectivity index (χ0v) is 38.3. The predicted octanol–water partition coefficient (Wildman–Crippen LogP) is 17.7. The summed E-state index contributed by atoms with van der Waals surface area (Å²) in [7, 11) is 0. The third-order valence-electron chi connectivity index (χ3n) is 12.3. The van der Waals surface area contributed by atoms with Crippen molar-refractivity contribution in [2.24, 2.45) is 5.41 Å². The quantitative estimate of drug-likeness (QED) is 0.0600. The van der Waals surface area contributed by atoms with Crippen molar-refractivity contribution in [1.82, 2.24) is 0 Å². The van der Waals surface area contributed by atoms with E-state index in [0.717, 1.165) is 38.5 Å². The van der Waals surface area contributed by atoms with Crippen LogP contribution in [-0.2, 0) is 9.59 Å². The molecule has 0 aromatic carbocycles. The minimum Gasteiger partial charge on any atom is -0.481 e. The van der Waals surface area contributed by atoms with Crippen LogP contribution in [0.3, 0.4) is 0 Å². The van der Waals surface area contributed by atoms with Gasteiger partial charge in [0.05, 0.1) is 11.8 Å². The summed E-state index contributed by atoms with van der Waals surface area (Å²) >= 11 is 1.54. The Balaban J connectivity index is 3.97. The van der Waals surface area contributed by atoms with Gasteiger partial charge in [-0.05, 0) is 12.8 Å². The number of aliphatic carboxylic acids is 2. The fourth-order valence-electron chi connectivity index (χ4n) is 8.41. The van der Waals surface area contributed by atoms with Gasteiger partial charge in [0, 0.05) is 11.5 Å². The third kappa shape index (κ3) is 39.9. The number of unbranched alkanes of at least 4 members (excludes halogenated alkanes) is 38. The average molecular weight is 795 g/mol. The molecule has 0 aromatic heterocycles. The molecule has 0 rings (SSSR count). The van der Waals surface area contributed by atoms with Gasteiger partial charge in [-0.25, -0.2) is 0 Å². The third-order valence-corrected chi connectivity index (χ3v) is 13.6. The first kappa shape index (κ1) is 54.3. The number of hydrogen-bond acceptors (Lipinski definition) is 3. The summed E-state index contributed by atoms with van der Waals surface area (Å²) in [4.78, 5) is 23.7. The van der Waals surface area contributed by atoms with Crippen molar-refractivity contribution in [1.29, 1.82) is 0 Å². The van der Waals surface area contributed by atoms with Gasteiger partial charge in [0.15, 0.2) is 0 Å². The Hall–Kier alpha value is -0.710. The van der Waals surface area contributed by atoms with E-state index in [2.05, 4.69) is 13.8 Å². The molecule has 55 heavy (non-hydrogen) atoms. The zero-order chi connectivity index (χ0) is 40.2. The molecule has 0 unspecified atom stereocenters. The number of thioether (sulfide) groups is 1. The second-order valence-corrected chi connectivity index (χ2v) is 18.8. The second-order valence-electron chi connectivity index (χ2n) is 17.7. The van der Waals surface area contributed by atoms with Crippen molar-refractivity contribution >= 4 is 23.7 Å². The Labute approximate surface area is 349 Å². The Bertz CT molecular complexity index is 742. The number of hydrogen-bond donors (Lipinski definition) is 2. The summed E-state index contributed by atoms with van der Waals surface area (Å²) in [5.41, 5.74) is -0.703. The first-order valence-corrected chi connectivity index (χ1v) is 26.2. The first-order valence-electron chi connectivity index (χ1n) is 25.0. The van der Waals surface area contributed by atoms with E-state index in [4.69, 9.17) is 5.11 Å². The van der Waals surface area contributed by atoms with Gasteiger partial charge in [-0.15, -0.1) is 0 Å². The lowest BCUT2D eigenvalue weighted by atomic mass is 9.79. The van der Waals surface area contributed by atoms with Gasteiger partial charge in [0.25, 0.3) is 0 Å². The average Bonchev–Trinajstić information content (AvgIpc) is 3.17. The van der Waals surface area contributed by atoms with Crippen molar-refractivity contribution in [2.45, 2.75) is 290 Å². The molecule has 5 heteroatoms. The molecule has 0 aliphatic heterocycles. The van der Waals surface area contributed by atoms with E-state index in [-0.39, 0.29) is 6.42 Å². The van der Waals surface area contributed by atoms with Crippen LogP contribution in [0.15, 0.2) is 0 Å². The van der Waals surface area contributed by atoms with Crippen LogP contribution >= 0.6 is 11.8 Å². The van der Waals surface area contributed by atoms with Gasteiger partial charge in [-0.2, -0.15) is 11.8 Å². The fourth-order valence-corrected chi connectivity index (χ4v) is 9.68. The van der Waals surface area contributed by atoms with Crippen LogP contribution in [-0.4, -0.2) is 33.7 Å². The molecule has 4 nitrogen and oxygen atoms in total. The van der Waals surface area contributed by atoms with Crippen LogP contribution in [0.1, 0.15) is 290 Å². The zero-order valence-electron chi connectivity index (χ0n) is 37.4. The Morgan fingerprint density at radius 3 is 0.782 bits per heavy atom. The van der Waals surface area contributed by atoms with Gasteiger partial charge in [-0.3, -0.25) is 9.59 Å². The largest absolute Gasteiger partial charge is 0.481 e. The molecule has 0 aliphatic carbocycles. The van der Waals surface area contributed by atoms with Gasteiger partial charge < -0.3 is 10.2 Å². The smallest absolute Gasteiger partial charge is 0.310 e. The lowest BCUT2D eigenvalue weighted by Gasteiger charge is -2.29. The summed E-state index contributed by atoms with van der Waals surface area (Å²) in [6.07, 6.45) is 55.6. The number of carboxylic acids is 2. The molecule has 0 radical (unpaired) electrons. The second kappa shape index (κ2) is 44.4. The topological polar surface area (TPSA) is 74.6 Å². The van der Waals surface area contributed by atoms with Gasteiger partial charge in [0.1, 0.15) is 0 Å². The molecule has 0 saturated heterocycles. The molecule has 0 heterocycles. The minimum absolute atomic E-state index is 0.110. The molecule has 0 saturated carbocycles. The lowest BCUT2D eigenvalue weighted by molar-refractivity contribution is -0.148. The molecular formula is C50H98O4S. The molecule has 0 amide bonds. The Morgan fingerprint density at radius 1 is 0.364 bits per heavy atom. The normalized spacial score (nSPS) is 11.8. The predicted molar refractivity (Wildman–Crippen MR) is 245 cm³/mol. The molecule has 0 bridgehead atoms. The van der Waals surface area contributed by atoms with Gasteiger partial charge >= 0.3 is 11.9 Å². The maximum absolute atomic E-state index is 12.7. The van der Waals surface area contributed by atoms with Crippen molar-refractivity contribution in [3.63, 3.8) is 0 Å². The van der Waals surface area contributed by atoms with Crippen molar-refractivity contribution in [3.8, 4) is 0 Å². The van der Waals surface area contributed by atoms with Crippen LogP contribution in [0.2, 0.25) is 0 Å². The van der Waals surface area contributed by atoms with Crippen molar-refractivity contribution < 1.29 is 19.8 Å². The Morgan fingerprint density at radius 2 is 0.582 bits per heavy atom. The van der Waals surface area contributed by atoms with E-state index in [1.54, 1.807) is 0 Å². The van der Waals surface area contributed by atoms with Crippen LogP contribution in [0.25, 0.3) is 0 Å². The highest BCUT2D eigenvalue weighted by molar-refractivity contribution is 7.99. The minimum atomic E-state index is -0.795. The summed E-state index contributed by atoms with van der Waals surface area (Å²) in [6.45, 7) is 4.58. The van der Waals surface area contributed by atoms with E-state index in [9.17, 15) is 14.7 Å². The lowest BCUT2D eigenvalue weighted by Crippen LogP contribution is -2.34. The maximum atomic E-state index is 12.7. The van der Waals surface area contributed by atoms with E-state index in [0.29, 0.717) is 11.5 Å². The highest BCUT2D eigenvalue weighted by atomic mass is 32.2. The van der Waals surface area contributed by atoms with Crippen LogP contribution in [0.4, 0.5) is 0 Å². The highest BCUT2D eigenvalue weighted by Crippen LogP contribution is 2.36. The van der Waals surface area contributed by atoms with E-state index >= 15 is 0 Å². The Kier molecular flexibility index (Phi) is 43.8. The van der Waals surface area contributed by atoms with Crippen LogP contribution in [0.5, 0.6) is 0 Å². The van der Waals surface area contributed by atoms with Crippen molar-refractivity contribution in [2.75, 3.05) is 11.5 Å². The molecule has 0 aromatic rings. The van der Waals surface area contributed by atoms with Crippen LogP contribution in [0, 0.1) is 5.41 Å². The number of carbonyl (C=O) groups is 2. The standard InChI is InChI=1S/C50H98O4S/c1-3-5-7-9-11-13-15-17-19-21-23-25-27-29-31-33-35-37-39-41-44-50(49(53)54,47-55-46-43-48(51)52)45-42-40-38-36-34-32-30-28-26-24-22-20-18-16-14-12-10-8-6-4-2/h3-47H2,1-2H3,(H,51,52)(H,53,54). The molecule has 2 N–H and O–H groups in total. The van der Waals surface area contributed by atoms with Crippen LogP contribution < -0.4 is 0 Å². The van der Waals surface area contributed by atoms with Gasteiger partial charge in [-0.1, -0.05) is 271 Å². The molecule has 328 valence electrons. The monoisotopic (exact) mass is 795 g/mol. The van der Waals surface area contributed by atoms with E-state index < -0.39 is 17.4 Å². The number of carboxylic acid groups (broad SMARTS) is 2. The SMILES string of the molecule is CCCCCCCCCCCCCCCCCCCCCCC(CCCCCCCCCCCCCCCCCCCCCC)(CSCCC(=O)O)C(=O)O. The maximum Gasteiger partial charge on any atom is 0.310 e. The summed E-state index contributed by atoms with van der Waals surface area (Å²) in [5, 5.41) is 19.5. The summed E-state index contributed by atoms with van der Waals surface area (Å²) in [6, 6.07) is 0. The summed E-state index contributed by atoms with van der Waals surface area (Å²) in [5.74, 6) is -0.404. The fraction of sp³-hybridized carbons (Fsp3) is 0.960. The first-order chi connectivity index (χ1) is 27.0. The molecule has 0 fully saturated rings. The molecule has 0 spiro atoms. The van der Waals surface area contributed by atoms with E-state index in [1.165, 1.54) is 243 Å². The molecular weight excluding hydrogens is 697 g/mol. The highest BCUT2D eigenvalue weighted by Gasteiger charge is 2.37. The van der Waals surface area contributed by atoms with Crippen molar-refractivity contribution in [3.05, 3.63) is 0 Å². The number of rotatable bonds is 48. The van der Waals surface area contributed by atoms with Gasteiger partial charge in [0.2, 0.25) is 0 Å². The van der Waals surface area contributed by atoms with E-state index in [1.807, 2.05) is 0 Å². The molecule has 0 atom stereocenters.